The first-order valence-corrected chi connectivity index (χ1v) is 7.32. The number of aromatic nitrogens is 1. The summed E-state index contributed by atoms with van der Waals surface area (Å²) in [5, 5.41) is 15.1. The van der Waals surface area contributed by atoms with E-state index < -0.39 is 5.97 Å². The van der Waals surface area contributed by atoms with Crippen LogP contribution in [0, 0.1) is 5.82 Å². The highest BCUT2D eigenvalue weighted by Gasteiger charge is 2.28. The predicted molar refractivity (Wildman–Crippen MR) is 83.6 cm³/mol. The Balaban J connectivity index is 1.79. The average molecular weight is 313 g/mol. The van der Waals surface area contributed by atoms with Gasteiger partial charge in [0.2, 0.25) is 0 Å². The first-order chi connectivity index (χ1) is 11.1. The molecule has 1 aliphatic heterocycles. The summed E-state index contributed by atoms with van der Waals surface area (Å²) in [4.78, 5) is 15.1. The van der Waals surface area contributed by atoms with Crippen LogP contribution in [0.3, 0.4) is 0 Å². The number of aliphatic carboxylic acids is 1. The number of halogens is 1. The van der Waals surface area contributed by atoms with Gasteiger partial charge in [-0.2, -0.15) is 5.10 Å². The van der Waals surface area contributed by atoms with Crippen molar-refractivity contribution in [3.8, 4) is 0 Å². The van der Waals surface area contributed by atoms with Crippen LogP contribution >= 0.6 is 0 Å². The molecule has 0 amide bonds. The summed E-state index contributed by atoms with van der Waals surface area (Å²) in [6, 6.07) is 9.93. The number of pyridine rings is 1. The van der Waals surface area contributed by atoms with Gasteiger partial charge in [-0.1, -0.05) is 12.1 Å². The Morgan fingerprint density at radius 1 is 1.22 bits per heavy atom. The van der Waals surface area contributed by atoms with Gasteiger partial charge in [-0.15, -0.1) is 0 Å². The van der Waals surface area contributed by atoms with Crippen molar-refractivity contribution in [2.24, 2.45) is 5.10 Å². The van der Waals surface area contributed by atoms with Crippen LogP contribution in [0.15, 0.2) is 53.9 Å². The molecule has 1 aromatic heterocycles. The summed E-state index contributed by atoms with van der Waals surface area (Å²) < 4.78 is 13.0. The molecule has 6 heteroatoms. The minimum atomic E-state index is -0.922. The molecule has 2 aromatic rings. The van der Waals surface area contributed by atoms with Gasteiger partial charge in [0.05, 0.1) is 11.8 Å². The quantitative estimate of drug-likeness (QED) is 0.920. The zero-order chi connectivity index (χ0) is 16.2. The standard InChI is InChI=1S/C17H16FN3O2/c18-14-3-1-12(2-4-14)9-15-10-16(13-5-7-19-8-6-13)20-21(15)11-17(22)23/h1-8,15H,9-11H2,(H,22,23)/t15-/m1/s1. The molecule has 0 fully saturated rings. The summed E-state index contributed by atoms with van der Waals surface area (Å²) in [7, 11) is 0. The normalized spacial score (nSPS) is 17.2. The Hall–Kier alpha value is -2.76. The van der Waals surface area contributed by atoms with Crippen molar-refractivity contribution in [1.82, 2.24) is 9.99 Å². The number of carbonyl (C=O) groups is 1. The molecule has 1 N–H and O–H groups in total. The Morgan fingerprint density at radius 2 is 1.91 bits per heavy atom. The number of carboxylic acid groups (broad SMARTS) is 1. The maximum absolute atomic E-state index is 13.0. The third-order valence-corrected chi connectivity index (χ3v) is 3.80. The first kappa shape index (κ1) is 15.1. The van der Waals surface area contributed by atoms with Gasteiger partial charge in [0, 0.05) is 24.4 Å². The van der Waals surface area contributed by atoms with E-state index in [1.807, 2.05) is 12.1 Å². The highest BCUT2D eigenvalue weighted by Crippen LogP contribution is 2.23. The molecular formula is C17H16FN3O2. The average Bonchev–Trinajstić information content (AvgIpc) is 2.92. The minimum Gasteiger partial charge on any atom is -0.480 e. The maximum Gasteiger partial charge on any atom is 0.324 e. The molecule has 0 unspecified atom stereocenters. The molecule has 0 spiro atoms. The van der Waals surface area contributed by atoms with E-state index in [1.54, 1.807) is 29.5 Å². The van der Waals surface area contributed by atoms with Crippen molar-refractivity contribution < 1.29 is 14.3 Å². The second-order valence-corrected chi connectivity index (χ2v) is 5.46. The van der Waals surface area contributed by atoms with Crippen molar-refractivity contribution in [1.29, 1.82) is 0 Å². The van der Waals surface area contributed by atoms with E-state index in [0.29, 0.717) is 12.8 Å². The van der Waals surface area contributed by atoms with Gasteiger partial charge in [-0.25, -0.2) is 4.39 Å². The third kappa shape index (κ3) is 3.71. The predicted octanol–water partition coefficient (Wildman–Crippen LogP) is 2.33. The number of hydrogen-bond acceptors (Lipinski definition) is 4. The molecular weight excluding hydrogens is 297 g/mol. The SMILES string of the molecule is O=C(O)CN1N=C(c2ccncc2)C[C@H]1Cc1ccc(F)cc1. The molecule has 0 aliphatic carbocycles. The van der Waals surface area contributed by atoms with Crippen LogP contribution in [0.2, 0.25) is 0 Å². The van der Waals surface area contributed by atoms with Crippen molar-refractivity contribution in [2.45, 2.75) is 18.9 Å². The fraction of sp³-hybridized carbons (Fsp3) is 0.235. The first-order valence-electron chi connectivity index (χ1n) is 7.32. The van der Waals surface area contributed by atoms with Crippen LogP contribution in [-0.4, -0.2) is 39.4 Å². The molecule has 0 radical (unpaired) electrons. The van der Waals surface area contributed by atoms with E-state index in [2.05, 4.69) is 10.1 Å². The van der Waals surface area contributed by atoms with Gasteiger partial charge in [0.1, 0.15) is 12.4 Å². The minimum absolute atomic E-state index is 0.0558. The zero-order valence-corrected chi connectivity index (χ0v) is 12.4. The van der Waals surface area contributed by atoms with Crippen LogP contribution in [0.1, 0.15) is 17.5 Å². The summed E-state index contributed by atoms with van der Waals surface area (Å²) in [6.45, 7) is -0.152. The van der Waals surface area contributed by atoms with E-state index >= 15 is 0 Å². The van der Waals surface area contributed by atoms with Gasteiger partial charge >= 0.3 is 5.97 Å². The molecule has 0 saturated heterocycles. The fourth-order valence-corrected chi connectivity index (χ4v) is 2.70. The highest BCUT2D eigenvalue weighted by atomic mass is 19.1. The topological polar surface area (TPSA) is 65.8 Å². The van der Waals surface area contributed by atoms with Crippen molar-refractivity contribution in [3.05, 3.63) is 65.7 Å². The van der Waals surface area contributed by atoms with E-state index in [4.69, 9.17) is 5.11 Å². The zero-order valence-electron chi connectivity index (χ0n) is 12.4. The second kappa shape index (κ2) is 6.56. The molecule has 23 heavy (non-hydrogen) atoms. The van der Waals surface area contributed by atoms with E-state index in [-0.39, 0.29) is 18.4 Å². The lowest BCUT2D eigenvalue weighted by atomic mass is 9.99. The fourth-order valence-electron chi connectivity index (χ4n) is 2.70. The summed E-state index contributed by atoms with van der Waals surface area (Å²) in [5.41, 5.74) is 2.75. The molecule has 118 valence electrons. The molecule has 1 aromatic carbocycles. The Bertz CT molecular complexity index is 716. The van der Waals surface area contributed by atoms with Gasteiger partial charge in [0.25, 0.3) is 0 Å². The lowest BCUT2D eigenvalue weighted by Crippen LogP contribution is -2.33. The Kier molecular flexibility index (Phi) is 4.32. The monoisotopic (exact) mass is 313 g/mol. The smallest absolute Gasteiger partial charge is 0.324 e. The van der Waals surface area contributed by atoms with Gasteiger partial charge < -0.3 is 5.11 Å². The molecule has 0 saturated carbocycles. The number of benzene rings is 1. The van der Waals surface area contributed by atoms with E-state index in [0.717, 1.165) is 16.8 Å². The van der Waals surface area contributed by atoms with Crippen LogP contribution in [0.25, 0.3) is 0 Å². The van der Waals surface area contributed by atoms with Crippen molar-refractivity contribution >= 4 is 11.7 Å². The largest absolute Gasteiger partial charge is 0.480 e. The summed E-state index contributed by atoms with van der Waals surface area (Å²) >= 11 is 0. The van der Waals surface area contributed by atoms with Crippen LogP contribution in [0.5, 0.6) is 0 Å². The lowest BCUT2D eigenvalue weighted by Gasteiger charge is -2.21. The maximum atomic E-state index is 13.0. The molecule has 1 aliphatic rings. The molecule has 2 heterocycles. The number of hydrogen-bond donors (Lipinski definition) is 1. The summed E-state index contributed by atoms with van der Waals surface area (Å²) in [6.07, 6.45) is 4.64. The lowest BCUT2D eigenvalue weighted by molar-refractivity contribution is -0.138. The van der Waals surface area contributed by atoms with E-state index in [9.17, 15) is 9.18 Å². The Labute approximate surface area is 133 Å². The highest BCUT2D eigenvalue weighted by molar-refractivity contribution is 6.01. The Morgan fingerprint density at radius 3 is 2.57 bits per heavy atom. The number of nitrogens with zero attached hydrogens (tertiary/aromatic N) is 3. The van der Waals surface area contributed by atoms with E-state index in [1.165, 1.54) is 12.1 Å². The van der Waals surface area contributed by atoms with Crippen LogP contribution < -0.4 is 0 Å². The number of carboxylic acids is 1. The molecule has 5 nitrogen and oxygen atoms in total. The third-order valence-electron chi connectivity index (χ3n) is 3.80. The van der Waals surface area contributed by atoms with Crippen molar-refractivity contribution in [2.75, 3.05) is 6.54 Å². The van der Waals surface area contributed by atoms with Crippen LogP contribution in [-0.2, 0) is 11.2 Å². The number of rotatable bonds is 5. The molecule has 0 bridgehead atoms. The molecule has 3 rings (SSSR count). The van der Waals surface area contributed by atoms with Crippen LogP contribution in [0.4, 0.5) is 4.39 Å². The van der Waals surface area contributed by atoms with Gasteiger partial charge in [-0.05, 0) is 36.2 Å². The number of hydrazone groups is 1. The van der Waals surface area contributed by atoms with Gasteiger partial charge in [0.15, 0.2) is 0 Å². The molecule has 1 atom stereocenters. The van der Waals surface area contributed by atoms with Gasteiger partial charge in [-0.3, -0.25) is 14.8 Å². The summed E-state index contributed by atoms with van der Waals surface area (Å²) in [5.74, 6) is -1.20. The van der Waals surface area contributed by atoms with Crippen molar-refractivity contribution in [3.63, 3.8) is 0 Å². The second-order valence-electron chi connectivity index (χ2n) is 5.46.